The summed E-state index contributed by atoms with van der Waals surface area (Å²) in [6.07, 6.45) is 2.04. The lowest BCUT2D eigenvalue weighted by Crippen LogP contribution is -2.44. The summed E-state index contributed by atoms with van der Waals surface area (Å²) < 4.78 is 5.61. The number of nitrogens with zero attached hydrogens (tertiary/aromatic N) is 1. The number of benzene rings is 1. The molecule has 5 nitrogen and oxygen atoms in total. The molecule has 0 saturated carbocycles. The van der Waals surface area contributed by atoms with Crippen molar-refractivity contribution in [3.8, 4) is 5.75 Å². The van der Waals surface area contributed by atoms with Gasteiger partial charge in [0.15, 0.2) is 0 Å². The number of para-hydroxylation sites is 1. The minimum atomic E-state index is -0.808. The second-order valence-electron chi connectivity index (χ2n) is 5.81. The first kappa shape index (κ1) is 16.3. The van der Waals surface area contributed by atoms with E-state index in [2.05, 4.69) is 0 Å². The summed E-state index contributed by atoms with van der Waals surface area (Å²) in [6.45, 7) is 3.35. The highest BCUT2D eigenvalue weighted by Crippen LogP contribution is 2.20. The molecule has 5 heteroatoms. The van der Waals surface area contributed by atoms with E-state index in [1.54, 1.807) is 4.90 Å². The minimum absolute atomic E-state index is 0.0302. The molecule has 1 aromatic rings. The van der Waals surface area contributed by atoms with Crippen molar-refractivity contribution in [2.45, 2.75) is 26.2 Å². The van der Waals surface area contributed by atoms with Gasteiger partial charge in [-0.2, -0.15) is 0 Å². The molecule has 0 aromatic heterocycles. The average Bonchev–Trinajstić information content (AvgIpc) is 2.55. The quantitative estimate of drug-likeness (QED) is 0.876. The van der Waals surface area contributed by atoms with E-state index < -0.39 is 11.9 Å². The highest BCUT2D eigenvalue weighted by Gasteiger charge is 2.30. The number of carbonyl (C=O) groups excluding carboxylic acids is 1. The Labute approximate surface area is 130 Å². The Balaban J connectivity index is 1.78. The van der Waals surface area contributed by atoms with Crippen LogP contribution in [0, 0.1) is 11.8 Å². The lowest BCUT2D eigenvalue weighted by molar-refractivity contribution is -0.146. The number of carboxylic acid groups (broad SMARTS) is 1. The summed E-state index contributed by atoms with van der Waals surface area (Å²) in [5.74, 6) is -0.562. The van der Waals surface area contributed by atoms with Crippen molar-refractivity contribution >= 4 is 11.9 Å². The minimum Gasteiger partial charge on any atom is -0.494 e. The number of hydrogen-bond donors (Lipinski definition) is 1. The van der Waals surface area contributed by atoms with Crippen molar-refractivity contribution in [3.63, 3.8) is 0 Å². The molecule has 1 heterocycles. The first-order valence-electron chi connectivity index (χ1n) is 7.77. The first-order chi connectivity index (χ1) is 10.6. The standard InChI is InChI=1S/C17H23NO4/c1-13(9-11-22-15-7-3-2-4-8-15)16(19)18-10-5-6-14(12-18)17(20)21/h2-4,7-8,13-14H,5-6,9-12H2,1H3,(H,20,21)/t13-,14+/m0/s1. The van der Waals surface area contributed by atoms with Crippen LogP contribution in [0.5, 0.6) is 5.75 Å². The molecular formula is C17H23NO4. The van der Waals surface area contributed by atoms with Crippen LogP contribution in [0.15, 0.2) is 30.3 Å². The molecule has 1 saturated heterocycles. The average molecular weight is 305 g/mol. The number of carboxylic acids is 1. The van der Waals surface area contributed by atoms with E-state index >= 15 is 0 Å². The number of hydrogen-bond acceptors (Lipinski definition) is 3. The maximum Gasteiger partial charge on any atom is 0.308 e. The summed E-state index contributed by atoms with van der Waals surface area (Å²) in [5, 5.41) is 9.09. The number of aliphatic carboxylic acids is 1. The topological polar surface area (TPSA) is 66.8 Å². The summed E-state index contributed by atoms with van der Waals surface area (Å²) in [4.78, 5) is 25.1. The Hall–Kier alpha value is -2.04. The monoisotopic (exact) mass is 305 g/mol. The van der Waals surface area contributed by atoms with Crippen LogP contribution < -0.4 is 4.74 Å². The van der Waals surface area contributed by atoms with Gasteiger partial charge in [-0.15, -0.1) is 0 Å². The lowest BCUT2D eigenvalue weighted by atomic mass is 9.96. The zero-order valence-corrected chi connectivity index (χ0v) is 12.9. The van der Waals surface area contributed by atoms with Gasteiger partial charge >= 0.3 is 5.97 Å². The van der Waals surface area contributed by atoms with Crippen molar-refractivity contribution in [2.75, 3.05) is 19.7 Å². The third kappa shape index (κ3) is 4.48. The van der Waals surface area contributed by atoms with E-state index in [9.17, 15) is 9.59 Å². The van der Waals surface area contributed by atoms with Gasteiger partial charge in [0.1, 0.15) is 5.75 Å². The molecule has 2 rings (SSSR count). The molecule has 1 fully saturated rings. The summed E-state index contributed by atoms with van der Waals surface area (Å²) in [7, 11) is 0. The maximum atomic E-state index is 12.4. The number of rotatable bonds is 6. The van der Waals surface area contributed by atoms with Crippen molar-refractivity contribution in [1.29, 1.82) is 0 Å². The van der Waals surface area contributed by atoms with Crippen LogP contribution in [0.25, 0.3) is 0 Å². The molecule has 0 unspecified atom stereocenters. The number of piperidine rings is 1. The molecule has 1 aliphatic heterocycles. The Bertz CT molecular complexity index is 503. The highest BCUT2D eigenvalue weighted by atomic mass is 16.5. The van der Waals surface area contributed by atoms with Crippen LogP contribution in [0.3, 0.4) is 0 Å². The molecule has 22 heavy (non-hydrogen) atoms. The van der Waals surface area contributed by atoms with E-state index in [0.29, 0.717) is 32.5 Å². The molecule has 2 atom stereocenters. The Morgan fingerprint density at radius 1 is 1.36 bits per heavy atom. The molecule has 0 spiro atoms. The molecule has 1 N–H and O–H groups in total. The summed E-state index contributed by atoms with van der Waals surface area (Å²) in [6, 6.07) is 9.50. The molecule has 1 aliphatic rings. The number of likely N-dealkylation sites (tertiary alicyclic amines) is 1. The van der Waals surface area contributed by atoms with Crippen LogP contribution in [-0.2, 0) is 9.59 Å². The predicted molar refractivity (Wildman–Crippen MR) is 82.7 cm³/mol. The molecule has 120 valence electrons. The van der Waals surface area contributed by atoms with E-state index in [1.807, 2.05) is 37.3 Å². The van der Waals surface area contributed by atoms with Crippen molar-refractivity contribution < 1.29 is 19.4 Å². The summed E-state index contributed by atoms with van der Waals surface area (Å²) >= 11 is 0. The van der Waals surface area contributed by atoms with Crippen molar-refractivity contribution in [2.24, 2.45) is 11.8 Å². The van der Waals surface area contributed by atoms with Crippen LogP contribution >= 0.6 is 0 Å². The van der Waals surface area contributed by atoms with Crippen molar-refractivity contribution in [3.05, 3.63) is 30.3 Å². The third-order valence-electron chi connectivity index (χ3n) is 4.07. The van der Waals surface area contributed by atoms with E-state index in [-0.39, 0.29) is 11.8 Å². The third-order valence-corrected chi connectivity index (χ3v) is 4.07. The molecule has 1 aromatic carbocycles. The Morgan fingerprint density at radius 3 is 2.77 bits per heavy atom. The normalized spacial score (nSPS) is 19.5. The van der Waals surface area contributed by atoms with Gasteiger partial charge in [0.25, 0.3) is 0 Å². The van der Waals surface area contributed by atoms with E-state index in [4.69, 9.17) is 9.84 Å². The largest absolute Gasteiger partial charge is 0.494 e. The zero-order valence-electron chi connectivity index (χ0n) is 12.9. The smallest absolute Gasteiger partial charge is 0.308 e. The van der Waals surface area contributed by atoms with Gasteiger partial charge in [-0.25, -0.2) is 0 Å². The number of ether oxygens (including phenoxy) is 1. The fraction of sp³-hybridized carbons (Fsp3) is 0.529. The van der Waals surface area contributed by atoms with Gasteiger partial charge < -0.3 is 14.7 Å². The van der Waals surface area contributed by atoms with Gasteiger partial charge in [0.05, 0.1) is 12.5 Å². The van der Waals surface area contributed by atoms with Crippen LogP contribution in [0.1, 0.15) is 26.2 Å². The second kappa shape index (κ2) is 7.82. The predicted octanol–water partition coefficient (Wildman–Crippen LogP) is 2.41. The van der Waals surface area contributed by atoms with E-state index in [0.717, 1.165) is 12.2 Å². The fourth-order valence-corrected chi connectivity index (χ4v) is 2.68. The fourth-order valence-electron chi connectivity index (χ4n) is 2.68. The van der Waals surface area contributed by atoms with E-state index in [1.165, 1.54) is 0 Å². The van der Waals surface area contributed by atoms with Gasteiger partial charge in [0.2, 0.25) is 5.91 Å². The molecule has 1 amide bonds. The van der Waals surface area contributed by atoms with Gasteiger partial charge in [-0.1, -0.05) is 25.1 Å². The van der Waals surface area contributed by atoms with Gasteiger partial charge in [0, 0.05) is 19.0 Å². The first-order valence-corrected chi connectivity index (χ1v) is 7.77. The highest BCUT2D eigenvalue weighted by molar-refractivity contribution is 5.79. The van der Waals surface area contributed by atoms with Crippen LogP contribution in [-0.4, -0.2) is 41.6 Å². The summed E-state index contributed by atoms with van der Waals surface area (Å²) in [5.41, 5.74) is 0. The van der Waals surface area contributed by atoms with Crippen LogP contribution in [0.2, 0.25) is 0 Å². The number of amides is 1. The van der Waals surface area contributed by atoms with Gasteiger partial charge in [-0.05, 0) is 31.4 Å². The van der Waals surface area contributed by atoms with Crippen molar-refractivity contribution in [1.82, 2.24) is 4.90 Å². The molecule has 0 aliphatic carbocycles. The second-order valence-corrected chi connectivity index (χ2v) is 5.81. The SMILES string of the molecule is C[C@@H](CCOc1ccccc1)C(=O)N1CCC[C@@H](C(=O)O)C1. The molecular weight excluding hydrogens is 282 g/mol. The number of carbonyl (C=O) groups is 2. The molecule has 0 radical (unpaired) electrons. The lowest BCUT2D eigenvalue weighted by Gasteiger charge is -2.32. The van der Waals surface area contributed by atoms with Gasteiger partial charge in [-0.3, -0.25) is 9.59 Å². The van der Waals surface area contributed by atoms with Crippen LogP contribution in [0.4, 0.5) is 0 Å². The maximum absolute atomic E-state index is 12.4. The molecule has 0 bridgehead atoms. The zero-order chi connectivity index (χ0) is 15.9. The Morgan fingerprint density at radius 2 is 2.09 bits per heavy atom. The Kier molecular flexibility index (Phi) is 5.81.